The third kappa shape index (κ3) is 6.32. The zero-order valence-corrected chi connectivity index (χ0v) is 25.5. The van der Waals surface area contributed by atoms with Crippen LogP contribution in [0.25, 0.3) is 56.1 Å². The van der Waals surface area contributed by atoms with Gasteiger partial charge < -0.3 is 20.5 Å². The molecule has 2 aromatic carbocycles. The number of hydrogen-bond acceptors (Lipinski definition) is 8. The fourth-order valence-electron chi connectivity index (χ4n) is 5.41. The van der Waals surface area contributed by atoms with Crippen LogP contribution in [0.1, 0.15) is 11.1 Å². The monoisotopic (exact) mass is 612 g/mol. The number of anilines is 1. The van der Waals surface area contributed by atoms with Gasteiger partial charge in [-0.2, -0.15) is 5.10 Å². The highest BCUT2D eigenvalue weighted by molar-refractivity contribution is 5.95. The molecule has 0 saturated heterocycles. The summed E-state index contributed by atoms with van der Waals surface area (Å²) in [7, 11) is 4.00. The molecule has 5 heterocycles. The van der Waals surface area contributed by atoms with Crippen molar-refractivity contribution >= 4 is 27.8 Å². The maximum absolute atomic E-state index is 14.7. The Morgan fingerprint density at radius 3 is 2.52 bits per heavy atom. The largest absolute Gasteiger partial charge is 0.384 e. The zero-order chi connectivity index (χ0) is 31.5. The van der Waals surface area contributed by atoms with E-state index in [2.05, 4.69) is 58.9 Å². The topological polar surface area (TPSA) is 123 Å². The van der Waals surface area contributed by atoms with Gasteiger partial charge in [-0.3, -0.25) is 15.1 Å². The predicted octanol–water partition coefficient (Wildman–Crippen LogP) is 6.03. The number of aromatic nitrogens is 7. The van der Waals surface area contributed by atoms with Crippen LogP contribution in [0.3, 0.4) is 0 Å². The first-order chi connectivity index (χ1) is 22.5. The molecular weight excluding hydrogens is 579 g/mol. The number of H-pyrrole nitrogens is 2. The summed E-state index contributed by atoms with van der Waals surface area (Å²) in [6.07, 6.45) is 5.37. The van der Waals surface area contributed by atoms with Crippen molar-refractivity contribution in [2.45, 2.75) is 13.1 Å². The summed E-state index contributed by atoms with van der Waals surface area (Å²) in [6.45, 7) is 2.97. The minimum Gasteiger partial charge on any atom is -0.384 e. The van der Waals surface area contributed by atoms with Crippen LogP contribution >= 0.6 is 0 Å². The second kappa shape index (κ2) is 12.8. The summed E-state index contributed by atoms with van der Waals surface area (Å²) in [4.78, 5) is 24.4. The molecule has 5 aromatic heterocycles. The normalized spacial score (nSPS) is 11.6. The Hall–Kier alpha value is -5.52. The second-order valence-corrected chi connectivity index (χ2v) is 11.4. The van der Waals surface area contributed by atoms with Gasteiger partial charge in [-0.25, -0.2) is 14.4 Å². The Morgan fingerprint density at radius 2 is 1.65 bits per heavy atom. The minimum atomic E-state index is -0.347. The van der Waals surface area contributed by atoms with E-state index in [4.69, 9.17) is 9.97 Å². The van der Waals surface area contributed by atoms with Crippen LogP contribution in [0.15, 0.2) is 91.4 Å². The Morgan fingerprint density at radius 1 is 0.804 bits per heavy atom. The Bertz CT molecular complexity index is 2120. The fourth-order valence-corrected chi connectivity index (χ4v) is 5.41. The van der Waals surface area contributed by atoms with Crippen molar-refractivity contribution < 1.29 is 4.39 Å². The lowest BCUT2D eigenvalue weighted by molar-refractivity contribution is 0.425. The van der Waals surface area contributed by atoms with Crippen LogP contribution < -0.4 is 10.6 Å². The molecule has 0 atom stereocenters. The fraction of sp³-hybridized carbons (Fsp3) is 0.171. The van der Waals surface area contributed by atoms with E-state index in [0.717, 1.165) is 40.9 Å². The predicted molar refractivity (Wildman–Crippen MR) is 179 cm³/mol. The van der Waals surface area contributed by atoms with Gasteiger partial charge in [0.25, 0.3) is 0 Å². The van der Waals surface area contributed by atoms with E-state index in [0.29, 0.717) is 52.6 Å². The van der Waals surface area contributed by atoms with E-state index in [1.54, 1.807) is 6.20 Å². The molecule has 0 radical (unpaired) electrons. The average molecular weight is 613 g/mol. The van der Waals surface area contributed by atoms with E-state index >= 15 is 0 Å². The molecule has 0 fully saturated rings. The van der Waals surface area contributed by atoms with Crippen molar-refractivity contribution in [3.05, 3.63) is 108 Å². The van der Waals surface area contributed by atoms with Crippen LogP contribution in [0.5, 0.6) is 0 Å². The van der Waals surface area contributed by atoms with Crippen molar-refractivity contribution in [1.29, 1.82) is 0 Å². The molecule has 230 valence electrons. The second-order valence-electron chi connectivity index (χ2n) is 11.4. The zero-order valence-electron chi connectivity index (χ0n) is 25.5. The standard InChI is InChI=1S/C35H33FN10/c1-46(2)13-12-39-27-16-24(15-26(36)17-27)31-32-29(10-11-40-31)42-35(43-32)34-33-30(44-45-34)9-8-28(41-33)25-14-23(20-38-21-25)19-37-18-22-6-4-3-5-7-22/h3-11,14-17,20-21,37,39H,12-13,18-19H2,1-2H3,(H,42,43)(H,44,45). The summed E-state index contributed by atoms with van der Waals surface area (Å²) < 4.78 is 14.7. The number of likely N-dealkylation sites (N-methyl/N-ethyl adjacent to an activating group) is 1. The van der Waals surface area contributed by atoms with Crippen molar-refractivity contribution in [3.8, 4) is 34.0 Å². The Balaban J connectivity index is 1.17. The highest BCUT2D eigenvalue weighted by Gasteiger charge is 2.18. The van der Waals surface area contributed by atoms with E-state index < -0.39 is 0 Å². The SMILES string of the molecule is CN(C)CCNc1cc(F)cc(-c2nccc3[nH]c(-c4n[nH]c5ccc(-c6cncc(CNCc7ccccc7)c6)nc45)nc23)c1. The molecule has 0 saturated carbocycles. The summed E-state index contributed by atoms with van der Waals surface area (Å²) in [5.41, 5.74) is 9.30. The van der Waals surface area contributed by atoms with Crippen molar-refractivity contribution in [1.82, 2.24) is 45.3 Å². The van der Waals surface area contributed by atoms with Gasteiger partial charge in [-0.1, -0.05) is 30.3 Å². The van der Waals surface area contributed by atoms with E-state index in [1.165, 1.54) is 17.7 Å². The summed E-state index contributed by atoms with van der Waals surface area (Å²) in [5, 5.41) is 14.4. The first-order valence-electron chi connectivity index (χ1n) is 15.1. The molecule has 46 heavy (non-hydrogen) atoms. The van der Waals surface area contributed by atoms with Gasteiger partial charge in [0.2, 0.25) is 0 Å². The number of hydrogen-bond donors (Lipinski definition) is 4. The average Bonchev–Trinajstić information content (AvgIpc) is 3.69. The molecular formula is C35H33FN10. The smallest absolute Gasteiger partial charge is 0.161 e. The molecule has 0 bridgehead atoms. The molecule has 10 nitrogen and oxygen atoms in total. The minimum absolute atomic E-state index is 0.347. The summed E-state index contributed by atoms with van der Waals surface area (Å²) in [6, 6.07) is 23.0. The van der Waals surface area contributed by atoms with Crippen molar-refractivity contribution in [2.75, 3.05) is 32.5 Å². The van der Waals surface area contributed by atoms with Gasteiger partial charge in [0.05, 0.1) is 22.4 Å². The van der Waals surface area contributed by atoms with Crippen LogP contribution in [0, 0.1) is 5.82 Å². The van der Waals surface area contributed by atoms with Gasteiger partial charge >= 0.3 is 0 Å². The third-order valence-electron chi connectivity index (χ3n) is 7.68. The molecule has 7 aromatic rings. The number of halogens is 1. The van der Waals surface area contributed by atoms with E-state index in [1.807, 2.05) is 69.0 Å². The summed E-state index contributed by atoms with van der Waals surface area (Å²) in [5.74, 6) is 0.192. The lowest BCUT2D eigenvalue weighted by Crippen LogP contribution is -2.20. The van der Waals surface area contributed by atoms with Gasteiger partial charge in [0.15, 0.2) is 11.5 Å². The molecule has 0 spiro atoms. The van der Waals surface area contributed by atoms with Crippen molar-refractivity contribution in [3.63, 3.8) is 0 Å². The first-order valence-corrected chi connectivity index (χ1v) is 15.1. The molecule has 4 N–H and O–H groups in total. The number of fused-ring (bicyclic) bond motifs is 2. The van der Waals surface area contributed by atoms with E-state index in [9.17, 15) is 4.39 Å². The van der Waals surface area contributed by atoms with Gasteiger partial charge in [0.1, 0.15) is 16.9 Å². The lowest BCUT2D eigenvalue weighted by atomic mass is 10.1. The van der Waals surface area contributed by atoms with Gasteiger partial charge in [0, 0.05) is 61.6 Å². The number of pyridine rings is 3. The number of rotatable bonds is 11. The lowest BCUT2D eigenvalue weighted by Gasteiger charge is -2.12. The quantitative estimate of drug-likeness (QED) is 0.140. The molecule has 0 aliphatic heterocycles. The molecule has 0 amide bonds. The first kappa shape index (κ1) is 29.2. The highest BCUT2D eigenvalue weighted by Crippen LogP contribution is 2.32. The molecule has 0 unspecified atom stereocenters. The number of benzene rings is 2. The number of nitrogens with zero attached hydrogens (tertiary/aromatic N) is 6. The maximum Gasteiger partial charge on any atom is 0.161 e. The maximum atomic E-state index is 14.7. The van der Waals surface area contributed by atoms with Gasteiger partial charge in [-0.15, -0.1) is 0 Å². The van der Waals surface area contributed by atoms with Crippen LogP contribution in [-0.4, -0.2) is 67.2 Å². The molecule has 0 aliphatic carbocycles. The molecule has 7 rings (SSSR count). The summed E-state index contributed by atoms with van der Waals surface area (Å²) >= 11 is 0. The molecule has 11 heteroatoms. The van der Waals surface area contributed by atoms with E-state index in [-0.39, 0.29) is 5.82 Å². The Labute approximate surface area is 265 Å². The van der Waals surface area contributed by atoms with Crippen LogP contribution in [0.4, 0.5) is 10.1 Å². The van der Waals surface area contributed by atoms with Crippen LogP contribution in [0.2, 0.25) is 0 Å². The molecule has 0 aliphatic rings. The van der Waals surface area contributed by atoms with Gasteiger partial charge in [-0.05, 0) is 67.7 Å². The number of nitrogens with one attached hydrogen (secondary N) is 4. The van der Waals surface area contributed by atoms with Crippen LogP contribution in [-0.2, 0) is 13.1 Å². The number of imidazole rings is 1. The Kier molecular flexibility index (Phi) is 8.15. The highest BCUT2D eigenvalue weighted by atomic mass is 19.1. The number of aromatic amines is 2. The van der Waals surface area contributed by atoms with Crippen molar-refractivity contribution in [2.24, 2.45) is 0 Å². The third-order valence-corrected chi connectivity index (χ3v) is 7.68.